The Hall–Kier alpha value is -1.32. The van der Waals surface area contributed by atoms with Gasteiger partial charge < -0.3 is 5.11 Å². The van der Waals surface area contributed by atoms with Crippen molar-refractivity contribution in [2.75, 3.05) is 0 Å². The molecule has 0 spiro atoms. The smallest absolute Gasteiger partial charge is 0.145 e. The van der Waals surface area contributed by atoms with E-state index in [2.05, 4.69) is 15.9 Å². The van der Waals surface area contributed by atoms with Crippen LogP contribution in [-0.2, 0) is 10.8 Å². The van der Waals surface area contributed by atoms with E-state index in [1.54, 1.807) is 36.4 Å². The van der Waals surface area contributed by atoms with E-state index in [-0.39, 0.29) is 22.4 Å². The summed E-state index contributed by atoms with van der Waals surface area (Å²) in [5.74, 6) is -0.149. The van der Waals surface area contributed by atoms with Crippen molar-refractivity contribution in [3.63, 3.8) is 0 Å². The Labute approximate surface area is 169 Å². The highest BCUT2D eigenvalue weighted by molar-refractivity contribution is 9.15. The highest BCUT2D eigenvalue weighted by Gasteiger charge is 2.27. The van der Waals surface area contributed by atoms with E-state index in [9.17, 15) is 5.11 Å². The molecule has 0 radical (unpaired) electrons. The molecule has 1 N–H and O–H groups in total. The molecule has 2 aromatic carbocycles. The van der Waals surface area contributed by atoms with Gasteiger partial charge in [-0.1, -0.05) is 65.3 Å². The van der Waals surface area contributed by atoms with Crippen LogP contribution in [-0.4, -0.2) is 5.11 Å². The normalized spacial score (nSPS) is 13.6. The van der Waals surface area contributed by atoms with Crippen LogP contribution in [0.25, 0.3) is 10.3 Å². The number of hydrogen-bond donors (Lipinski definition) is 1. The summed E-state index contributed by atoms with van der Waals surface area (Å²) in [6.45, 7) is 12.0. The van der Waals surface area contributed by atoms with Crippen LogP contribution < -0.4 is 0 Å². The Morgan fingerprint density at radius 3 is 1.85 bits per heavy atom. The van der Waals surface area contributed by atoms with Crippen molar-refractivity contribution in [3.8, 4) is 5.75 Å². The van der Waals surface area contributed by atoms with Gasteiger partial charge in [-0.3, -0.25) is 0 Å². The fraction of sp³-hybridized carbons (Fsp3) is 0.364. The van der Waals surface area contributed by atoms with E-state index in [0.29, 0.717) is 20.6 Å². The van der Waals surface area contributed by atoms with Crippen molar-refractivity contribution in [2.24, 2.45) is 0 Å². The van der Waals surface area contributed by atoms with Crippen molar-refractivity contribution in [1.82, 2.24) is 0 Å². The van der Waals surface area contributed by atoms with Gasteiger partial charge in [0, 0.05) is 21.7 Å². The second-order valence-electron chi connectivity index (χ2n) is 8.56. The monoisotopic (exact) mass is 438 g/mol. The minimum atomic E-state index is -0.386. The molecule has 4 heteroatoms. The molecule has 0 aliphatic heterocycles. The summed E-state index contributed by atoms with van der Waals surface area (Å²) in [5.41, 5.74) is 1.91. The number of aromatic hydroxyl groups is 1. The molecule has 0 heterocycles. The Kier molecular flexibility index (Phi) is 5.94. The molecule has 0 saturated carbocycles. The number of halogens is 3. The number of benzene rings is 2. The molecular formula is C22H25BrClFO. The fourth-order valence-electron chi connectivity index (χ4n) is 2.78. The van der Waals surface area contributed by atoms with Gasteiger partial charge in [0.2, 0.25) is 0 Å². The van der Waals surface area contributed by atoms with Crippen molar-refractivity contribution in [3.05, 3.63) is 63.7 Å². The van der Waals surface area contributed by atoms with E-state index in [0.717, 1.165) is 11.1 Å². The average Bonchev–Trinajstić information content (AvgIpc) is 2.51. The Balaban J connectivity index is 2.74. The van der Waals surface area contributed by atoms with Crippen molar-refractivity contribution in [2.45, 2.75) is 52.4 Å². The predicted molar refractivity (Wildman–Crippen MR) is 114 cm³/mol. The molecule has 0 amide bonds. The Bertz CT molecular complexity index is 822. The maximum Gasteiger partial charge on any atom is 0.145 e. The quantitative estimate of drug-likeness (QED) is 0.473. The van der Waals surface area contributed by atoms with Crippen LogP contribution in [0.4, 0.5) is 4.39 Å². The Morgan fingerprint density at radius 1 is 0.923 bits per heavy atom. The summed E-state index contributed by atoms with van der Waals surface area (Å²) in [7, 11) is 0. The van der Waals surface area contributed by atoms with Crippen LogP contribution in [0.5, 0.6) is 5.75 Å². The maximum absolute atomic E-state index is 15.3. The molecule has 0 unspecified atom stereocenters. The molecule has 0 bridgehead atoms. The largest absolute Gasteiger partial charge is 0.507 e. The lowest BCUT2D eigenvalue weighted by atomic mass is 9.78. The van der Waals surface area contributed by atoms with Crippen LogP contribution in [0.3, 0.4) is 0 Å². The fourth-order valence-corrected chi connectivity index (χ4v) is 3.45. The first-order valence-corrected chi connectivity index (χ1v) is 9.69. The van der Waals surface area contributed by atoms with Gasteiger partial charge in [0.25, 0.3) is 0 Å². The van der Waals surface area contributed by atoms with E-state index in [4.69, 9.17) is 11.6 Å². The van der Waals surface area contributed by atoms with E-state index in [1.165, 1.54) is 0 Å². The summed E-state index contributed by atoms with van der Waals surface area (Å²) in [6.07, 6.45) is 0. The van der Waals surface area contributed by atoms with Crippen LogP contribution in [0.15, 0.2) is 36.4 Å². The van der Waals surface area contributed by atoms with Gasteiger partial charge in [0.15, 0.2) is 0 Å². The first kappa shape index (κ1) is 21.0. The van der Waals surface area contributed by atoms with Crippen LogP contribution >= 0.6 is 27.5 Å². The SMILES string of the molecule is CC(C)(C)c1cc(/C(F)=C(/Br)c2cccc(Cl)c2)cc(C(C)(C)C)c1O. The van der Waals surface area contributed by atoms with Crippen molar-refractivity contribution < 1.29 is 9.50 Å². The molecule has 0 aliphatic carbocycles. The van der Waals surface area contributed by atoms with E-state index < -0.39 is 0 Å². The topological polar surface area (TPSA) is 20.2 Å². The van der Waals surface area contributed by atoms with E-state index >= 15 is 4.39 Å². The highest BCUT2D eigenvalue weighted by Crippen LogP contribution is 2.43. The lowest BCUT2D eigenvalue weighted by Crippen LogP contribution is -2.17. The summed E-state index contributed by atoms with van der Waals surface area (Å²) in [4.78, 5) is 0. The zero-order valence-electron chi connectivity index (χ0n) is 16.0. The summed E-state index contributed by atoms with van der Waals surface area (Å²) in [5, 5.41) is 11.3. The molecule has 0 saturated heterocycles. The molecule has 0 aromatic heterocycles. The lowest BCUT2D eigenvalue weighted by Gasteiger charge is -2.28. The number of hydrogen-bond acceptors (Lipinski definition) is 1. The molecule has 0 aliphatic rings. The van der Waals surface area contributed by atoms with E-state index in [1.807, 2.05) is 41.5 Å². The first-order chi connectivity index (χ1) is 11.8. The van der Waals surface area contributed by atoms with Crippen LogP contribution in [0, 0.1) is 0 Å². The minimum absolute atomic E-state index is 0.237. The van der Waals surface area contributed by atoms with Gasteiger partial charge >= 0.3 is 0 Å². The molecular weight excluding hydrogens is 415 g/mol. The third kappa shape index (κ3) is 4.50. The molecule has 0 fully saturated rings. The average molecular weight is 440 g/mol. The second kappa shape index (κ2) is 7.36. The number of phenolic OH excluding ortho intramolecular Hbond substituents is 1. The third-order valence-electron chi connectivity index (χ3n) is 4.25. The third-order valence-corrected chi connectivity index (χ3v) is 5.29. The van der Waals surface area contributed by atoms with Crippen molar-refractivity contribution in [1.29, 1.82) is 0 Å². The van der Waals surface area contributed by atoms with Gasteiger partial charge in [0.05, 0.1) is 4.48 Å². The van der Waals surface area contributed by atoms with Crippen molar-refractivity contribution >= 4 is 37.8 Å². The van der Waals surface area contributed by atoms with Crippen LogP contribution in [0.1, 0.15) is 63.8 Å². The zero-order valence-corrected chi connectivity index (χ0v) is 18.4. The lowest BCUT2D eigenvalue weighted by molar-refractivity contribution is 0.423. The van der Waals surface area contributed by atoms with Crippen LogP contribution in [0.2, 0.25) is 5.02 Å². The maximum atomic E-state index is 15.3. The van der Waals surface area contributed by atoms with Gasteiger partial charge in [0.1, 0.15) is 11.6 Å². The first-order valence-electron chi connectivity index (χ1n) is 8.52. The Morgan fingerprint density at radius 2 is 1.42 bits per heavy atom. The predicted octanol–water partition coefficient (Wildman–Crippen LogP) is 7.83. The molecule has 1 nitrogen and oxygen atoms in total. The number of rotatable bonds is 2. The number of phenols is 1. The standard InChI is InChI=1S/C22H25BrClFO/c1-21(2,3)16-11-14(12-17(20(16)26)22(4,5)6)19(25)18(23)13-8-7-9-15(24)10-13/h7-12,26H,1-6H3/b19-18-. The molecule has 2 aromatic rings. The minimum Gasteiger partial charge on any atom is -0.507 e. The summed E-state index contributed by atoms with van der Waals surface area (Å²) >= 11 is 9.41. The van der Waals surface area contributed by atoms with Gasteiger partial charge in [-0.2, -0.15) is 0 Å². The molecule has 26 heavy (non-hydrogen) atoms. The van der Waals surface area contributed by atoms with Gasteiger partial charge in [-0.25, -0.2) is 4.39 Å². The zero-order chi connectivity index (χ0) is 19.9. The molecule has 2 rings (SSSR count). The molecule has 140 valence electrons. The highest BCUT2D eigenvalue weighted by atomic mass is 79.9. The second-order valence-corrected chi connectivity index (χ2v) is 9.79. The van der Waals surface area contributed by atoms with Gasteiger partial charge in [-0.15, -0.1) is 0 Å². The van der Waals surface area contributed by atoms with Gasteiger partial charge in [-0.05, 0) is 56.6 Å². The summed E-state index contributed by atoms with van der Waals surface area (Å²) in [6, 6.07) is 10.5. The molecule has 0 atom stereocenters. The summed E-state index contributed by atoms with van der Waals surface area (Å²) < 4.78 is 15.7.